The summed E-state index contributed by atoms with van der Waals surface area (Å²) in [6, 6.07) is 11.6. The molecular formula is C21H26N2O5S. The molecule has 3 rings (SSSR count). The lowest BCUT2D eigenvalue weighted by Crippen LogP contribution is -2.29. The number of hydrogen-bond donors (Lipinski definition) is 1. The van der Waals surface area contributed by atoms with Crippen LogP contribution >= 0.6 is 0 Å². The summed E-state index contributed by atoms with van der Waals surface area (Å²) in [5.74, 6) is 0.615. The van der Waals surface area contributed by atoms with Gasteiger partial charge in [0.05, 0.1) is 20.3 Å². The molecule has 1 heterocycles. The van der Waals surface area contributed by atoms with Gasteiger partial charge in [0.25, 0.3) is 5.91 Å². The second-order valence-corrected chi connectivity index (χ2v) is 8.85. The van der Waals surface area contributed by atoms with E-state index in [0.29, 0.717) is 13.1 Å². The molecule has 1 aliphatic rings. The fourth-order valence-electron chi connectivity index (χ4n) is 3.34. The molecule has 0 saturated carbocycles. The van der Waals surface area contributed by atoms with Gasteiger partial charge in [0, 0.05) is 18.7 Å². The van der Waals surface area contributed by atoms with Crippen LogP contribution in [0.4, 0.5) is 0 Å². The number of nitrogens with one attached hydrogen (secondary N) is 1. The second-order valence-electron chi connectivity index (χ2n) is 6.95. The largest absolute Gasteiger partial charge is 0.497 e. The summed E-state index contributed by atoms with van der Waals surface area (Å²) in [6.07, 6.45) is 1.67. The second kappa shape index (κ2) is 8.84. The van der Waals surface area contributed by atoms with Crippen molar-refractivity contribution in [1.29, 1.82) is 0 Å². The zero-order valence-electron chi connectivity index (χ0n) is 16.8. The molecule has 2 aromatic carbocycles. The van der Waals surface area contributed by atoms with Crippen molar-refractivity contribution in [2.75, 3.05) is 27.3 Å². The van der Waals surface area contributed by atoms with Gasteiger partial charge >= 0.3 is 0 Å². The van der Waals surface area contributed by atoms with Crippen molar-refractivity contribution in [2.24, 2.45) is 0 Å². The highest BCUT2D eigenvalue weighted by molar-refractivity contribution is 7.89. The maximum absolute atomic E-state index is 13.0. The number of benzene rings is 2. The number of sulfonamides is 1. The lowest BCUT2D eigenvalue weighted by atomic mass is 10.1. The minimum atomic E-state index is -3.71. The summed E-state index contributed by atoms with van der Waals surface area (Å²) < 4.78 is 37.8. The van der Waals surface area contributed by atoms with Crippen LogP contribution in [0.1, 0.15) is 41.7 Å². The molecule has 156 valence electrons. The molecule has 1 amide bonds. The monoisotopic (exact) mass is 418 g/mol. The fraction of sp³-hybridized carbons (Fsp3) is 0.381. The average Bonchev–Trinajstić information content (AvgIpc) is 3.29. The van der Waals surface area contributed by atoms with Crippen LogP contribution in [0.25, 0.3) is 0 Å². The molecule has 0 radical (unpaired) electrons. The van der Waals surface area contributed by atoms with Crippen molar-refractivity contribution >= 4 is 15.9 Å². The Bertz CT molecular complexity index is 967. The highest BCUT2D eigenvalue weighted by Gasteiger charge is 2.30. The van der Waals surface area contributed by atoms with Crippen LogP contribution in [0.5, 0.6) is 11.5 Å². The van der Waals surface area contributed by atoms with Crippen molar-refractivity contribution in [3.05, 3.63) is 53.6 Å². The Labute approximate surface area is 171 Å². The van der Waals surface area contributed by atoms with Crippen LogP contribution in [-0.2, 0) is 10.0 Å². The van der Waals surface area contributed by atoms with E-state index in [4.69, 9.17) is 9.47 Å². The van der Waals surface area contributed by atoms with Crippen LogP contribution < -0.4 is 14.8 Å². The lowest BCUT2D eigenvalue weighted by Gasteiger charge is -2.19. The Morgan fingerprint density at radius 2 is 1.69 bits per heavy atom. The van der Waals surface area contributed by atoms with Crippen molar-refractivity contribution < 1.29 is 22.7 Å². The van der Waals surface area contributed by atoms with Gasteiger partial charge in [-0.1, -0.05) is 12.1 Å². The molecular weight excluding hydrogens is 392 g/mol. The zero-order chi connectivity index (χ0) is 21.0. The fourth-order valence-corrected chi connectivity index (χ4v) is 5.04. The minimum Gasteiger partial charge on any atom is -0.497 e. The number of carbonyl (C=O) groups excluding carboxylic acids is 1. The van der Waals surface area contributed by atoms with Gasteiger partial charge in [-0.3, -0.25) is 4.79 Å². The highest BCUT2D eigenvalue weighted by atomic mass is 32.2. The van der Waals surface area contributed by atoms with E-state index in [0.717, 1.165) is 24.2 Å². The molecule has 1 N–H and O–H groups in total. The van der Waals surface area contributed by atoms with E-state index in [2.05, 4.69) is 5.32 Å². The number of hydrogen-bond acceptors (Lipinski definition) is 5. The summed E-state index contributed by atoms with van der Waals surface area (Å²) in [7, 11) is -0.696. The lowest BCUT2D eigenvalue weighted by molar-refractivity contribution is 0.0939. The predicted molar refractivity (Wildman–Crippen MR) is 110 cm³/mol. The topological polar surface area (TPSA) is 84.9 Å². The molecule has 0 bridgehead atoms. The number of nitrogens with zero attached hydrogens (tertiary/aromatic N) is 1. The first-order chi connectivity index (χ1) is 13.9. The summed E-state index contributed by atoms with van der Waals surface area (Å²) in [4.78, 5) is 12.8. The van der Waals surface area contributed by atoms with Crippen LogP contribution in [0.3, 0.4) is 0 Å². The van der Waals surface area contributed by atoms with Gasteiger partial charge in [-0.25, -0.2) is 8.42 Å². The molecule has 2 aromatic rings. The van der Waals surface area contributed by atoms with E-state index in [-0.39, 0.29) is 28.2 Å². The molecule has 1 fully saturated rings. The third-order valence-corrected chi connectivity index (χ3v) is 6.99. The first-order valence-electron chi connectivity index (χ1n) is 9.50. The van der Waals surface area contributed by atoms with E-state index in [1.165, 1.54) is 23.5 Å². The molecule has 0 spiro atoms. The van der Waals surface area contributed by atoms with Crippen LogP contribution in [0, 0.1) is 0 Å². The molecule has 1 saturated heterocycles. The van der Waals surface area contributed by atoms with Crippen molar-refractivity contribution in [2.45, 2.75) is 30.7 Å². The Balaban J connectivity index is 1.83. The molecule has 0 aliphatic carbocycles. The van der Waals surface area contributed by atoms with E-state index in [1.54, 1.807) is 13.2 Å². The summed E-state index contributed by atoms with van der Waals surface area (Å²) in [5.41, 5.74) is 1.18. The number of carbonyl (C=O) groups is 1. The third kappa shape index (κ3) is 4.54. The van der Waals surface area contributed by atoms with Crippen molar-refractivity contribution in [3.8, 4) is 11.5 Å². The number of methoxy groups -OCH3 is 2. The van der Waals surface area contributed by atoms with Gasteiger partial charge in [0.1, 0.15) is 16.4 Å². The first kappa shape index (κ1) is 21.1. The number of rotatable bonds is 7. The summed E-state index contributed by atoms with van der Waals surface area (Å²) in [5, 5.41) is 2.91. The van der Waals surface area contributed by atoms with Gasteiger partial charge in [-0.15, -0.1) is 0 Å². The van der Waals surface area contributed by atoms with Crippen molar-refractivity contribution in [1.82, 2.24) is 9.62 Å². The van der Waals surface area contributed by atoms with Crippen LogP contribution in [-0.4, -0.2) is 45.9 Å². The van der Waals surface area contributed by atoms with Gasteiger partial charge in [-0.2, -0.15) is 4.31 Å². The van der Waals surface area contributed by atoms with Gasteiger partial charge in [-0.05, 0) is 55.7 Å². The van der Waals surface area contributed by atoms with Gasteiger partial charge in [0.2, 0.25) is 10.0 Å². The van der Waals surface area contributed by atoms with E-state index in [9.17, 15) is 13.2 Å². The molecule has 1 atom stereocenters. The maximum Gasteiger partial charge on any atom is 0.251 e. The Morgan fingerprint density at radius 1 is 1.03 bits per heavy atom. The average molecular weight is 419 g/mol. The van der Waals surface area contributed by atoms with E-state index < -0.39 is 10.0 Å². The normalized spacial score (nSPS) is 15.7. The number of amides is 1. The van der Waals surface area contributed by atoms with Crippen LogP contribution in [0.2, 0.25) is 0 Å². The molecule has 0 unspecified atom stereocenters. The molecule has 0 aromatic heterocycles. The summed E-state index contributed by atoms with van der Waals surface area (Å²) >= 11 is 0. The van der Waals surface area contributed by atoms with Gasteiger partial charge < -0.3 is 14.8 Å². The maximum atomic E-state index is 13.0. The Hall–Kier alpha value is -2.58. The van der Waals surface area contributed by atoms with E-state index >= 15 is 0 Å². The first-order valence-corrected chi connectivity index (χ1v) is 10.9. The Morgan fingerprint density at radius 3 is 2.28 bits per heavy atom. The van der Waals surface area contributed by atoms with E-state index in [1.807, 2.05) is 31.2 Å². The quantitative estimate of drug-likeness (QED) is 0.747. The predicted octanol–water partition coefficient (Wildman–Crippen LogP) is 2.98. The molecule has 8 heteroatoms. The standard InChI is InChI=1S/C21H26N2O5S/c1-15(16-6-9-18(27-2)10-7-16)22-21(24)17-8-11-19(28-3)20(14-17)29(25,26)23-12-4-5-13-23/h6-11,14-15H,4-5,12-13H2,1-3H3,(H,22,24)/t15-/m0/s1. The summed E-state index contributed by atoms with van der Waals surface area (Å²) in [6.45, 7) is 2.83. The molecule has 29 heavy (non-hydrogen) atoms. The minimum absolute atomic E-state index is 0.0200. The van der Waals surface area contributed by atoms with Crippen LogP contribution in [0.15, 0.2) is 47.4 Å². The smallest absolute Gasteiger partial charge is 0.251 e. The highest BCUT2D eigenvalue weighted by Crippen LogP contribution is 2.30. The Kier molecular flexibility index (Phi) is 6.44. The van der Waals surface area contributed by atoms with Gasteiger partial charge in [0.15, 0.2) is 0 Å². The SMILES string of the molecule is COc1ccc([C@H](C)NC(=O)c2ccc(OC)c(S(=O)(=O)N3CCCC3)c2)cc1. The third-order valence-electron chi connectivity index (χ3n) is 5.07. The molecule has 1 aliphatic heterocycles. The van der Waals surface area contributed by atoms with Crippen molar-refractivity contribution in [3.63, 3.8) is 0 Å². The zero-order valence-corrected chi connectivity index (χ0v) is 17.7. The molecule has 7 nitrogen and oxygen atoms in total. The number of ether oxygens (including phenoxy) is 2.